The van der Waals surface area contributed by atoms with E-state index in [2.05, 4.69) is 4.94 Å². The molecule has 21 heavy (non-hydrogen) atoms. The Kier molecular flexibility index (Phi) is 5.51. The summed E-state index contributed by atoms with van der Waals surface area (Å²) < 4.78 is 7.92. The zero-order valence-corrected chi connectivity index (χ0v) is 14.8. The fourth-order valence-corrected chi connectivity index (χ4v) is 4.72. The molecule has 2 aromatic heterocycles. The van der Waals surface area contributed by atoms with Crippen molar-refractivity contribution in [1.29, 1.82) is 0 Å². The quantitative estimate of drug-likeness (QED) is 0.338. The van der Waals surface area contributed by atoms with Gasteiger partial charge in [-0.25, -0.2) is 0 Å². The van der Waals surface area contributed by atoms with Crippen molar-refractivity contribution < 1.29 is 18.9 Å². The zero-order valence-electron chi connectivity index (χ0n) is 12.3. The molecule has 4 nitrogen and oxygen atoms in total. The van der Waals surface area contributed by atoms with Gasteiger partial charge in [-0.15, -0.1) is 0 Å². The van der Waals surface area contributed by atoms with E-state index in [0.29, 0.717) is 13.0 Å². The number of Topliss-reactive ketones (excluding diaryl/α,β-unsaturated/α-hetero) is 1. The predicted octanol–water partition coefficient (Wildman–Crippen LogP) is 1.95. The van der Waals surface area contributed by atoms with Crippen molar-refractivity contribution >= 4 is 37.6 Å². The van der Waals surface area contributed by atoms with Crippen LogP contribution in [0.4, 0.5) is 0 Å². The number of carbonyl (C=O) groups is 2. The molecule has 0 spiro atoms. The van der Waals surface area contributed by atoms with Crippen LogP contribution in [0.3, 0.4) is 0 Å². The molecule has 0 N–H and O–H groups in total. The second-order valence-electron chi connectivity index (χ2n) is 4.75. The molecule has 112 valence electrons. The number of hydrogen-bond donors (Lipinski definition) is 0. The Hall–Kier alpha value is -1.23. The van der Waals surface area contributed by atoms with Crippen molar-refractivity contribution in [3.05, 3.63) is 37.6 Å². The van der Waals surface area contributed by atoms with Gasteiger partial charge in [0.05, 0.1) is 0 Å². The number of ketones is 1. The zero-order chi connectivity index (χ0) is 15.4. The number of carbonyl (C=O) groups excluding carboxylic acids is 2. The van der Waals surface area contributed by atoms with E-state index in [9.17, 15) is 9.59 Å². The number of rotatable bonds is 6. The SMILES string of the molecule is CC(=O)OCCc1sc[n+](C(C)C(=O)c2ccc[se]2)c1C. The number of esters is 1. The van der Waals surface area contributed by atoms with Gasteiger partial charge in [-0.2, -0.15) is 0 Å². The first-order valence-corrected chi connectivity index (χ1v) is 9.42. The molecular formula is C15H18NO3SSe+. The van der Waals surface area contributed by atoms with Crippen LogP contribution in [0.15, 0.2) is 22.6 Å². The molecule has 2 aromatic rings. The van der Waals surface area contributed by atoms with Gasteiger partial charge in [-0.05, 0) is 0 Å². The molecule has 0 amide bonds. The molecule has 0 bridgehead atoms. The normalized spacial score (nSPS) is 12.1. The summed E-state index contributed by atoms with van der Waals surface area (Å²) >= 11 is 1.78. The molecule has 0 aliphatic carbocycles. The first-order valence-electron chi connectivity index (χ1n) is 6.70. The molecule has 6 heteroatoms. The van der Waals surface area contributed by atoms with E-state index in [1.165, 1.54) is 6.92 Å². The van der Waals surface area contributed by atoms with E-state index in [0.717, 1.165) is 15.0 Å². The third-order valence-corrected chi connectivity index (χ3v) is 6.27. The second kappa shape index (κ2) is 7.16. The number of thiazole rings is 1. The van der Waals surface area contributed by atoms with Gasteiger partial charge in [0.2, 0.25) is 0 Å². The summed E-state index contributed by atoms with van der Waals surface area (Å²) in [5.41, 5.74) is 3.06. The molecule has 0 fully saturated rings. The number of nitrogens with zero attached hydrogens (tertiary/aromatic N) is 1. The molecule has 1 unspecified atom stereocenters. The van der Waals surface area contributed by atoms with Gasteiger partial charge in [-0.3, -0.25) is 0 Å². The maximum absolute atomic E-state index is 12.4. The summed E-state index contributed by atoms with van der Waals surface area (Å²) in [6.45, 7) is 5.74. The van der Waals surface area contributed by atoms with E-state index in [-0.39, 0.29) is 32.3 Å². The van der Waals surface area contributed by atoms with Crippen LogP contribution in [0, 0.1) is 6.92 Å². The van der Waals surface area contributed by atoms with Gasteiger partial charge >= 0.3 is 134 Å². The van der Waals surface area contributed by atoms with E-state index in [1.54, 1.807) is 11.3 Å². The second-order valence-corrected chi connectivity index (χ2v) is 7.67. The van der Waals surface area contributed by atoms with Crippen LogP contribution in [-0.2, 0) is 16.0 Å². The molecule has 0 aliphatic rings. The summed E-state index contributed by atoms with van der Waals surface area (Å²) in [6, 6.07) is 3.69. The average Bonchev–Trinajstić information content (AvgIpc) is 3.08. The van der Waals surface area contributed by atoms with Crippen LogP contribution in [-0.4, -0.2) is 32.9 Å². The molecule has 0 aliphatic heterocycles. The van der Waals surface area contributed by atoms with Crippen LogP contribution in [0.25, 0.3) is 0 Å². The fourth-order valence-electron chi connectivity index (χ4n) is 2.09. The van der Waals surface area contributed by atoms with Crippen LogP contribution in [0.5, 0.6) is 0 Å². The molecule has 2 heterocycles. The summed E-state index contributed by atoms with van der Waals surface area (Å²) in [5, 5.41) is 0. The van der Waals surface area contributed by atoms with E-state index >= 15 is 0 Å². The predicted molar refractivity (Wildman–Crippen MR) is 82.0 cm³/mol. The fraction of sp³-hybridized carbons (Fsp3) is 0.400. The minimum atomic E-state index is -0.261. The van der Waals surface area contributed by atoms with Crippen molar-refractivity contribution in [3.63, 3.8) is 0 Å². The first kappa shape index (κ1) is 16.1. The van der Waals surface area contributed by atoms with Crippen LogP contribution in [0.1, 0.15) is 39.7 Å². The third-order valence-electron chi connectivity index (χ3n) is 3.29. The van der Waals surface area contributed by atoms with E-state index in [4.69, 9.17) is 4.74 Å². The number of ether oxygens (including phenoxy) is 1. The van der Waals surface area contributed by atoms with Crippen LogP contribution in [0.2, 0.25) is 0 Å². The van der Waals surface area contributed by atoms with Crippen LogP contribution < -0.4 is 4.57 Å². The van der Waals surface area contributed by atoms with Gasteiger partial charge < -0.3 is 0 Å². The molecule has 0 saturated carbocycles. The van der Waals surface area contributed by atoms with E-state index < -0.39 is 0 Å². The molecular weight excluding hydrogens is 353 g/mol. The Morgan fingerprint density at radius 2 is 2.24 bits per heavy atom. The Bertz CT molecular complexity index is 633. The summed E-state index contributed by atoms with van der Waals surface area (Å²) in [6.07, 6.45) is 0.693. The summed E-state index contributed by atoms with van der Waals surface area (Å²) in [7, 11) is 0. The Morgan fingerprint density at radius 3 is 2.86 bits per heavy atom. The van der Waals surface area contributed by atoms with Crippen molar-refractivity contribution in [3.8, 4) is 0 Å². The maximum atomic E-state index is 12.4. The topological polar surface area (TPSA) is 47.2 Å². The van der Waals surface area contributed by atoms with Gasteiger partial charge in [-0.1, -0.05) is 0 Å². The average molecular weight is 371 g/mol. The standard InChI is InChI=1S/C15H18NO3SSe/c1-10-13(6-7-19-12(3)17)20-9-16(10)11(2)15(18)14-5-4-8-21-14/h4-5,8-9,11H,6-7H2,1-3H3/q+1. The Morgan fingerprint density at radius 1 is 1.48 bits per heavy atom. The minimum absolute atomic E-state index is 0.175. The number of aromatic nitrogens is 1. The Labute approximate surface area is 134 Å². The molecule has 1 atom stereocenters. The van der Waals surface area contributed by atoms with Crippen molar-refractivity contribution in [2.45, 2.75) is 33.2 Å². The van der Waals surface area contributed by atoms with Gasteiger partial charge in [0.25, 0.3) is 0 Å². The Balaban J connectivity index is 2.08. The van der Waals surface area contributed by atoms with Gasteiger partial charge in [0.1, 0.15) is 0 Å². The van der Waals surface area contributed by atoms with E-state index in [1.807, 2.05) is 36.1 Å². The first-order chi connectivity index (χ1) is 10.0. The van der Waals surface area contributed by atoms with Crippen molar-refractivity contribution in [2.75, 3.05) is 6.61 Å². The van der Waals surface area contributed by atoms with Crippen molar-refractivity contribution in [2.24, 2.45) is 0 Å². The van der Waals surface area contributed by atoms with Crippen LogP contribution >= 0.6 is 11.3 Å². The molecule has 2 rings (SSSR count). The molecule has 0 radical (unpaired) electrons. The third kappa shape index (κ3) is 3.90. The number of hydrogen-bond acceptors (Lipinski definition) is 4. The van der Waals surface area contributed by atoms with Gasteiger partial charge in [0.15, 0.2) is 0 Å². The molecule has 0 aromatic carbocycles. The summed E-state index contributed by atoms with van der Waals surface area (Å²) in [5.74, 6) is -0.0685. The monoisotopic (exact) mass is 372 g/mol. The van der Waals surface area contributed by atoms with Gasteiger partial charge in [0, 0.05) is 0 Å². The summed E-state index contributed by atoms with van der Waals surface area (Å²) in [4.78, 5) is 26.4. The van der Waals surface area contributed by atoms with Crippen molar-refractivity contribution in [1.82, 2.24) is 0 Å². The molecule has 0 saturated heterocycles.